The van der Waals surface area contributed by atoms with Crippen molar-refractivity contribution in [1.29, 1.82) is 0 Å². The molecule has 2 N–H and O–H groups in total. The Balaban J connectivity index is 0.00000338. The lowest BCUT2D eigenvalue weighted by molar-refractivity contribution is 0.406. The van der Waals surface area contributed by atoms with Crippen LogP contribution in [0.1, 0.15) is 22.4 Å². The SMILES string of the molecule is CN=C(NCCc1cccc(Cl)c1)NCc1ncc(C)c(OC)c1C.I. The minimum Gasteiger partial charge on any atom is -0.496 e. The summed E-state index contributed by atoms with van der Waals surface area (Å²) >= 11 is 6.01. The zero-order valence-corrected chi connectivity index (χ0v) is 18.7. The molecule has 5 nitrogen and oxygen atoms in total. The van der Waals surface area contributed by atoms with E-state index in [9.17, 15) is 0 Å². The second kappa shape index (κ2) is 11.2. The van der Waals surface area contributed by atoms with Crippen LogP contribution in [0.5, 0.6) is 5.75 Å². The molecular weight excluding hydrogens is 463 g/mol. The number of pyridine rings is 1. The van der Waals surface area contributed by atoms with E-state index in [-0.39, 0.29) is 24.0 Å². The second-order valence-electron chi connectivity index (χ2n) is 5.78. The molecule has 2 aromatic rings. The third-order valence-electron chi connectivity index (χ3n) is 3.99. The van der Waals surface area contributed by atoms with E-state index in [2.05, 4.69) is 26.7 Å². The van der Waals surface area contributed by atoms with Crippen molar-refractivity contribution in [1.82, 2.24) is 15.6 Å². The summed E-state index contributed by atoms with van der Waals surface area (Å²) in [6.07, 6.45) is 2.70. The minimum absolute atomic E-state index is 0. The van der Waals surface area contributed by atoms with Crippen LogP contribution < -0.4 is 15.4 Å². The Morgan fingerprint density at radius 1 is 1.27 bits per heavy atom. The number of hydrogen-bond donors (Lipinski definition) is 2. The van der Waals surface area contributed by atoms with Crippen molar-refractivity contribution in [2.75, 3.05) is 20.7 Å². The molecule has 0 spiro atoms. The molecule has 142 valence electrons. The summed E-state index contributed by atoms with van der Waals surface area (Å²) in [6, 6.07) is 7.88. The highest BCUT2D eigenvalue weighted by Crippen LogP contribution is 2.23. The maximum atomic E-state index is 6.01. The predicted molar refractivity (Wildman–Crippen MR) is 119 cm³/mol. The van der Waals surface area contributed by atoms with Crippen molar-refractivity contribution >= 4 is 41.5 Å². The van der Waals surface area contributed by atoms with Gasteiger partial charge in [-0.25, -0.2) is 0 Å². The number of aryl methyl sites for hydroxylation is 1. The van der Waals surface area contributed by atoms with E-state index < -0.39 is 0 Å². The van der Waals surface area contributed by atoms with Gasteiger partial charge in [-0.2, -0.15) is 0 Å². The van der Waals surface area contributed by atoms with Crippen LogP contribution in [0.4, 0.5) is 0 Å². The highest BCUT2D eigenvalue weighted by molar-refractivity contribution is 14.0. The average Bonchev–Trinajstić information content (AvgIpc) is 2.60. The number of ether oxygens (including phenoxy) is 1. The topological polar surface area (TPSA) is 58.5 Å². The van der Waals surface area contributed by atoms with Gasteiger partial charge in [0, 0.05) is 35.9 Å². The zero-order valence-electron chi connectivity index (χ0n) is 15.6. The van der Waals surface area contributed by atoms with Crippen LogP contribution in [-0.4, -0.2) is 31.6 Å². The number of guanidine groups is 1. The number of halogens is 2. The largest absolute Gasteiger partial charge is 0.496 e. The molecule has 1 aromatic carbocycles. The average molecular weight is 489 g/mol. The lowest BCUT2D eigenvalue weighted by Crippen LogP contribution is -2.38. The van der Waals surface area contributed by atoms with Gasteiger partial charge in [0.15, 0.2) is 5.96 Å². The molecule has 0 amide bonds. The van der Waals surface area contributed by atoms with Gasteiger partial charge < -0.3 is 15.4 Å². The fourth-order valence-corrected chi connectivity index (χ4v) is 2.87. The highest BCUT2D eigenvalue weighted by Gasteiger charge is 2.09. The first-order valence-corrected chi connectivity index (χ1v) is 8.61. The quantitative estimate of drug-likeness (QED) is 0.368. The summed E-state index contributed by atoms with van der Waals surface area (Å²) in [6.45, 7) is 5.36. The van der Waals surface area contributed by atoms with E-state index in [4.69, 9.17) is 16.3 Å². The van der Waals surface area contributed by atoms with Gasteiger partial charge >= 0.3 is 0 Å². The molecule has 0 aliphatic rings. The molecule has 0 aliphatic heterocycles. The van der Waals surface area contributed by atoms with E-state index in [1.54, 1.807) is 14.2 Å². The van der Waals surface area contributed by atoms with Crippen molar-refractivity contribution in [2.45, 2.75) is 26.8 Å². The number of nitrogens with one attached hydrogen (secondary N) is 2. The van der Waals surface area contributed by atoms with Gasteiger partial charge in [-0.15, -0.1) is 24.0 Å². The molecule has 0 atom stereocenters. The minimum atomic E-state index is 0. The number of rotatable bonds is 6. The van der Waals surface area contributed by atoms with Gasteiger partial charge in [0.05, 0.1) is 19.3 Å². The summed E-state index contributed by atoms with van der Waals surface area (Å²) in [5.41, 5.74) is 4.22. The normalized spacial score (nSPS) is 10.9. The first-order valence-electron chi connectivity index (χ1n) is 8.23. The molecule has 0 fully saturated rings. The molecule has 26 heavy (non-hydrogen) atoms. The first-order chi connectivity index (χ1) is 12.0. The number of hydrogen-bond acceptors (Lipinski definition) is 3. The molecule has 0 saturated carbocycles. The van der Waals surface area contributed by atoms with E-state index in [0.717, 1.165) is 46.5 Å². The highest BCUT2D eigenvalue weighted by atomic mass is 127. The van der Waals surface area contributed by atoms with E-state index in [1.165, 1.54) is 5.56 Å². The third-order valence-corrected chi connectivity index (χ3v) is 4.23. The van der Waals surface area contributed by atoms with Crippen molar-refractivity contribution in [3.63, 3.8) is 0 Å². The Bertz CT molecular complexity index is 752. The van der Waals surface area contributed by atoms with Crippen molar-refractivity contribution in [2.24, 2.45) is 4.99 Å². The number of aromatic nitrogens is 1. The lowest BCUT2D eigenvalue weighted by atomic mass is 10.1. The molecule has 1 heterocycles. The van der Waals surface area contributed by atoms with E-state index in [0.29, 0.717) is 6.54 Å². The Kier molecular flexibility index (Phi) is 9.72. The fraction of sp³-hybridized carbons (Fsp3) is 0.368. The smallest absolute Gasteiger partial charge is 0.191 e. The standard InChI is InChI=1S/C19H25ClN4O.HI/c1-13-11-23-17(14(2)18(13)25-4)12-24-19(21-3)22-9-8-15-6-5-7-16(20)10-15;/h5-7,10-11H,8-9,12H2,1-4H3,(H2,21,22,24);1H. The maximum absolute atomic E-state index is 6.01. The Morgan fingerprint density at radius 2 is 2.04 bits per heavy atom. The third kappa shape index (κ3) is 6.32. The van der Waals surface area contributed by atoms with Crippen LogP contribution in [0, 0.1) is 13.8 Å². The fourth-order valence-electron chi connectivity index (χ4n) is 2.66. The Hall–Kier alpha value is -1.54. The summed E-state index contributed by atoms with van der Waals surface area (Å²) in [4.78, 5) is 8.74. The summed E-state index contributed by atoms with van der Waals surface area (Å²) in [5, 5.41) is 7.35. The maximum Gasteiger partial charge on any atom is 0.191 e. The van der Waals surface area contributed by atoms with Crippen molar-refractivity contribution in [3.05, 3.63) is 57.9 Å². The van der Waals surface area contributed by atoms with Gasteiger partial charge in [0.1, 0.15) is 5.75 Å². The number of nitrogens with zero attached hydrogens (tertiary/aromatic N) is 2. The lowest BCUT2D eigenvalue weighted by Gasteiger charge is -2.15. The molecule has 0 saturated heterocycles. The second-order valence-corrected chi connectivity index (χ2v) is 6.22. The summed E-state index contributed by atoms with van der Waals surface area (Å²) in [5.74, 6) is 1.62. The predicted octanol–water partition coefficient (Wildman–Crippen LogP) is 3.89. The zero-order chi connectivity index (χ0) is 18.2. The molecule has 7 heteroatoms. The van der Waals surface area contributed by atoms with Crippen LogP contribution in [0.15, 0.2) is 35.5 Å². The van der Waals surface area contributed by atoms with E-state index in [1.807, 2.05) is 38.2 Å². The van der Waals surface area contributed by atoms with Crippen LogP contribution in [0.2, 0.25) is 5.02 Å². The molecule has 0 radical (unpaired) electrons. The van der Waals surface area contributed by atoms with E-state index >= 15 is 0 Å². The first kappa shape index (κ1) is 22.5. The monoisotopic (exact) mass is 488 g/mol. The Labute approximate surface area is 177 Å². The van der Waals surface area contributed by atoms with Crippen LogP contribution in [0.3, 0.4) is 0 Å². The molecule has 1 aromatic heterocycles. The number of methoxy groups -OCH3 is 1. The number of benzene rings is 1. The van der Waals surface area contributed by atoms with Gasteiger partial charge in [-0.05, 0) is 38.0 Å². The number of aliphatic imine (C=N–C) groups is 1. The van der Waals surface area contributed by atoms with Crippen molar-refractivity contribution in [3.8, 4) is 5.75 Å². The molecule has 2 rings (SSSR count). The van der Waals surface area contributed by atoms with Crippen LogP contribution >= 0.6 is 35.6 Å². The summed E-state index contributed by atoms with van der Waals surface area (Å²) in [7, 11) is 3.44. The van der Waals surface area contributed by atoms with Crippen LogP contribution in [0.25, 0.3) is 0 Å². The van der Waals surface area contributed by atoms with Gasteiger partial charge in [0.25, 0.3) is 0 Å². The van der Waals surface area contributed by atoms with Crippen LogP contribution in [-0.2, 0) is 13.0 Å². The molecular formula is C19H26ClIN4O. The molecule has 0 bridgehead atoms. The Morgan fingerprint density at radius 3 is 2.69 bits per heavy atom. The van der Waals surface area contributed by atoms with Gasteiger partial charge in [-0.1, -0.05) is 23.7 Å². The summed E-state index contributed by atoms with van der Waals surface area (Å²) < 4.78 is 5.45. The van der Waals surface area contributed by atoms with Gasteiger partial charge in [0.2, 0.25) is 0 Å². The molecule has 0 unspecified atom stereocenters. The van der Waals surface area contributed by atoms with Gasteiger partial charge in [-0.3, -0.25) is 9.98 Å². The molecule has 0 aliphatic carbocycles. The van der Waals surface area contributed by atoms with Crippen molar-refractivity contribution < 1.29 is 4.74 Å².